The lowest BCUT2D eigenvalue weighted by Crippen LogP contribution is -2.60. The second kappa shape index (κ2) is 8.63. The van der Waals surface area contributed by atoms with Gasteiger partial charge in [0.05, 0.1) is 17.0 Å². The number of carbonyl (C=O) groups is 2. The van der Waals surface area contributed by atoms with Crippen LogP contribution in [0.1, 0.15) is 35.1 Å². The predicted molar refractivity (Wildman–Crippen MR) is 116 cm³/mol. The third-order valence-corrected chi connectivity index (χ3v) is 5.97. The second-order valence-electron chi connectivity index (χ2n) is 8.61. The molecule has 2 amide bonds. The third-order valence-electron chi connectivity index (χ3n) is 5.97. The van der Waals surface area contributed by atoms with Crippen LogP contribution in [0.25, 0.3) is 0 Å². The zero-order valence-corrected chi connectivity index (χ0v) is 18.3. The summed E-state index contributed by atoms with van der Waals surface area (Å²) in [7, 11) is 3.49. The molecule has 1 saturated heterocycles. The Morgan fingerprint density at radius 3 is 2.74 bits per heavy atom. The van der Waals surface area contributed by atoms with Gasteiger partial charge in [0.2, 0.25) is 5.91 Å². The summed E-state index contributed by atoms with van der Waals surface area (Å²) in [5.41, 5.74) is 0.673. The molecule has 2 aliphatic rings. The molecular weight excluding hydrogens is 394 g/mol. The van der Waals surface area contributed by atoms with Gasteiger partial charge in [-0.1, -0.05) is 19.1 Å². The zero-order chi connectivity index (χ0) is 22.0. The first-order chi connectivity index (χ1) is 14.9. The topological polar surface area (TPSA) is 87.7 Å². The van der Waals surface area contributed by atoms with Crippen molar-refractivity contribution in [2.24, 2.45) is 5.92 Å². The van der Waals surface area contributed by atoms with Gasteiger partial charge in [0, 0.05) is 58.1 Å². The molecule has 1 aromatic heterocycles. The molecule has 2 atom stereocenters. The Bertz CT molecular complexity index is 962. The van der Waals surface area contributed by atoms with Crippen molar-refractivity contribution < 1.29 is 14.3 Å². The number of nitrogens with zero attached hydrogens (tertiary/aromatic N) is 4. The van der Waals surface area contributed by atoms with Crippen LogP contribution >= 0.6 is 0 Å². The van der Waals surface area contributed by atoms with Crippen LogP contribution in [-0.2, 0) is 17.8 Å². The van der Waals surface area contributed by atoms with E-state index in [2.05, 4.69) is 27.1 Å². The molecule has 0 unspecified atom stereocenters. The first kappa shape index (κ1) is 21.2. The van der Waals surface area contributed by atoms with Gasteiger partial charge < -0.3 is 15.0 Å². The zero-order valence-electron chi connectivity index (χ0n) is 18.3. The van der Waals surface area contributed by atoms with Gasteiger partial charge >= 0.3 is 0 Å². The lowest BCUT2D eigenvalue weighted by Gasteiger charge is -2.34. The molecule has 1 N–H and O–H groups in total. The number of amides is 2. The Balaban J connectivity index is 1.58. The van der Waals surface area contributed by atoms with E-state index in [1.807, 2.05) is 24.5 Å². The van der Waals surface area contributed by atoms with Crippen molar-refractivity contribution >= 4 is 11.8 Å². The molecule has 0 aliphatic carbocycles. The number of carbonyl (C=O) groups excluding carboxylic acids is 2. The highest BCUT2D eigenvalue weighted by atomic mass is 16.5. The van der Waals surface area contributed by atoms with Gasteiger partial charge in [-0.3, -0.25) is 14.5 Å². The summed E-state index contributed by atoms with van der Waals surface area (Å²) in [6.07, 6.45) is 5.56. The van der Waals surface area contributed by atoms with Crippen LogP contribution in [0.15, 0.2) is 36.7 Å². The fourth-order valence-corrected chi connectivity index (χ4v) is 4.42. The highest BCUT2D eigenvalue weighted by Gasteiger charge is 2.53. The van der Waals surface area contributed by atoms with Crippen LogP contribution in [0.4, 0.5) is 0 Å². The van der Waals surface area contributed by atoms with Crippen molar-refractivity contribution in [1.29, 1.82) is 0 Å². The normalized spacial score (nSPS) is 23.1. The van der Waals surface area contributed by atoms with E-state index in [-0.39, 0.29) is 18.4 Å². The number of hydrogen-bond acceptors (Lipinski definition) is 6. The highest BCUT2D eigenvalue weighted by molar-refractivity contribution is 5.98. The first-order valence-electron chi connectivity index (χ1n) is 10.7. The lowest BCUT2D eigenvalue weighted by molar-refractivity contribution is -0.134. The molecule has 1 spiro atoms. The molecule has 4 rings (SSSR count). The molecule has 1 aromatic carbocycles. The number of para-hydroxylation sites is 1. The van der Waals surface area contributed by atoms with Crippen molar-refractivity contribution in [2.75, 3.05) is 33.8 Å². The standard InChI is InChI=1S/C23H29N5O3/c1-4-7-20-24-10-16(11-25-20)12-28-13-18(22(30)27(2)3)23(14-28)15-31-19-9-6-5-8-17(19)21(29)26-23/h5-6,8-11,18H,4,7,12-15H2,1-3H3,(H,26,29)/t18-,23-/m1/s1. The summed E-state index contributed by atoms with van der Waals surface area (Å²) in [6.45, 7) is 3.97. The van der Waals surface area contributed by atoms with Crippen molar-refractivity contribution in [3.8, 4) is 5.75 Å². The average Bonchev–Trinajstić information content (AvgIpc) is 3.03. The van der Waals surface area contributed by atoms with E-state index in [1.165, 1.54) is 0 Å². The SMILES string of the molecule is CCCc1ncc(CN2C[C@H](C(=O)N(C)C)[C@]3(COc4ccccc4C(=O)N3)C2)cn1. The maximum absolute atomic E-state index is 13.1. The van der Waals surface area contributed by atoms with Crippen LogP contribution in [0.2, 0.25) is 0 Å². The monoisotopic (exact) mass is 423 g/mol. The van der Waals surface area contributed by atoms with Crippen LogP contribution in [-0.4, -0.2) is 70.9 Å². The van der Waals surface area contributed by atoms with E-state index in [1.54, 1.807) is 31.1 Å². The van der Waals surface area contributed by atoms with Gasteiger partial charge in [-0.15, -0.1) is 0 Å². The van der Waals surface area contributed by atoms with E-state index in [9.17, 15) is 9.59 Å². The van der Waals surface area contributed by atoms with Crippen LogP contribution in [0.3, 0.4) is 0 Å². The van der Waals surface area contributed by atoms with E-state index in [4.69, 9.17) is 4.74 Å². The number of ether oxygens (including phenoxy) is 1. The van der Waals surface area contributed by atoms with Crippen LogP contribution in [0.5, 0.6) is 5.75 Å². The molecular formula is C23H29N5O3. The molecule has 3 heterocycles. The van der Waals surface area contributed by atoms with E-state index in [0.29, 0.717) is 30.9 Å². The van der Waals surface area contributed by atoms with Gasteiger partial charge in [-0.25, -0.2) is 9.97 Å². The maximum Gasteiger partial charge on any atom is 0.255 e. The minimum atomic E-state index is -0.805. The number of hydrogen-bond donors (Lipinski definition) is 1. The molecule has 0 radical (unpaired) electrons. The quantitative estimate of drug-likeness (QED) is 0.785. The summed E-state index contributed by atoms with van der Waals surface area (Å²) >= 11 is 0. The van der Waals surface area contributed by atoms with Gasteiger partial charge in [-0.05, 0) is 18.6 Å². The average molecular weight is 424 g/mol. The molecule has 0 saturated carbocycles. The van der Waals surface area contributed by atoms with Gasteiger partial charge in [0.1, 0.15) is 18.2 Å². The van der Waals surface area contributed by atoms with E-state index >= 15 is 0 Å². The Morgan fingerprint density at radius 1 is 1.29 bits per heavy atom. The van der Waals surface area contributed by atoms with Gasteiger partial charge in [-0.2, -0.15) is 0 Å². The minimum Gasteiger partial charge on any atom is -0.490 e. The number of likely N-dealkylation sites (tertiary alicyclic amines) is 1. The van der Waals surface area contributed by atoms with Gasteiger partial charge in [0.15, 0.2) is 0 Å². The lowest BCUT2D eigenvalue weighted by atomic mass is 9.86. The highest BCUT2D eigenvalue weighted by Crippen LogP contribution is 2.34. The largest absolute Gasteiger partial charge is 0.490 e. The Kier molecular flexibility index (Phi) is 5.91. The molecule has 164 valence electrons. The summed E-state index contributed by atoms with van der Waals surface area (Å²) < 4.78 is 6.05. The number of rotatable bonds is 5. The van der Waals surface area contributed by atoms with Crippen LogP contribution in [0, 0.1) is 5.92 Å². The second-order valence-corrected chi connectivity index (χ2v) is 8.61. The van der Waals surface area contributed by atoms with Gasteiger partial charge in [0.25, 0.3) is 5.91 Å². The summed E-state index contributed by atoms with van der Waals surface area (Å²) in [5, 5.41) is 3.15. The molecule has 2 aliphatic heterocycles. The first-order valence-corrected chi connectivity index (χ1v) is 10.7. The molecule has 8 heteroatoms. The summed E-state index contributed by atoms with van der Waals surface area (Å²) in [6, 6.07) is 7.19. The Hall–Kier alpha value is -3.00. The van der Waals surface area contributed by atoms with Crippen molar-refractivity contribution in [3.63, 3.8) is 0 Å². The Morgan fingerprint density at radius 2 is 2.03 bits per heavy atom. The van der Waals surface area contributed by atoms with Crippen molar-refractivity contribution in [2.45, 2.75) is 31.8 Å². The Labute approximate surface area is 182 Å². The number of aryl methyl sites for hydroxylation is 1. The number of fused-ring (bicyclic) bond motifs is 1. The number of benzene rings is 1. The van der Waals surface area contributed by atoms with Crippen molar-refractivity contribution in [1.82, 2.24) is 25.1 Å². The predicted octanol–water partition coefficient (Wildman–Crippen LogP) is 1.51. The maximum atomic E-state index is 13.1. The van der Waals surface area contributed by atoms with Crippen LogP contribution < -0.4 is 10.1 Å². The fraction of sp³-hybridized carbons (Fsp3) is 0.478. The molecule has 8 nitrogen and oxygen atoms in total. The van der Waals surface area contributed by atoms with Crippen molar-refractivity contribution in [3.05, 3.63) is 53.6 Å². The molecule has 2 aromatic rings. The molecule has 31 heavy (non-hydrogen) atoms. The number of nitrogens with one attached hydrogen (secondary N) is 1. The third kappa shape index (κ3) is 4.25. The smallest absolute Gasteiger partial charge is 0.255 e. The number of aromatic nitrogens is 2. The fourth-order valence-electron chi connectivity index (χ4n) is 4.42. The summed E-state index contributed by atoms with van der Waals surface area (Å²) in [4.78, 5) is 38.8. The van der Waals surface area contributed by atoms with E-state index < -0.39 is 11.5 Å². The van der Waals surface area contributed by atoms with E-state index in [0.717, 1.165) is 24.2 Å². The minimum absolute atomic E-state index is 0.0214. The summed E-state index contributed by atoms with van der Waals surface area (Å²) in [5.74, 6) is 0.741. The molecule has 1 fully saturated rings. The molecule has 0 bridgehead atoms.